The van der Waals surface area contributed by atoms with Crippen LogP contribution in [0.15, 0.2) is 27.6 Å². The molecule has 0 spiro atoms. The van der Waals surface area contributed by atoms with Crippen molar-refractivity contribution < 1.29 is 12.8 Å². The summed E-state index contributed by atoms with van der Waals surface area (Å²) >= 11 is 3.09. The van der Waals surface area contributed by atoms with Crippen LogP contribution in [-0.4, -0.2) is 14.0 Å². The van der Waals surface area contributed by atoms with E-state index >= 15 is 0 Å². The molecule has 0 radical (unpaired) electrons. The van der Waals surface area contributed by atoms with Crippen molar-refractivity contribution in [3.8, 4) is 0 Å². The average molecular weight is 336 g/mol. The molecule has 0 unspecified atom stereocenters. The van der Waals surface area contributed by atoms with Gasteiger partial charge in [-0.3, -0.25) is 0 Å². The van der Waals surface area contributed by atoms with E-state index in [1.807, 2.05) is 6.92 Å². The molecule has 0 aliphatic heterocycles. The molecular formula is C12H15BrFNO2S. The Morgan fingerprint density at radius 3 is 2.56 bits per heavy atom. The largest absolute Gasteiger partial charge is 0.242 e. The van der Waals surface area contributed by atoms with Crippen molar-refractivity contribution in [1.82, 2.24) is 4.72 Å². The van der Waals surface area contributed by atoms with Gasteiger partial charge in [0.25, 0.3) is 0 Å². The number of halogens is 2. The molecular weight excluding hydrogens is 321 g/mol. The zero-order valence-corrected chi connectivity index (χ0v) is 12.4. The number of rotatable bonds is 4. The first kappa shape index (κ1) is 14.0. The molecule has 1 fully saturated rings. The van der Waals surface area contributed by atoms with Gasteiger partial charge in [0, 0.05) is 10.0 Å². The van der Waals surface area contributed by atoms with Gasteiger partial charge in [-0.25, -0.2) is 17.5 Å². The molecule has 0 aromatic heterocycles. The third kappa shape index (κ3) is 2.60. The second-order valence-corrected chi connectivity index (χ2v) is 7.17. The molecule has 1 aromatic rings. The van der Waals surface area contributed by atoms with Crippen LogP contribution in [0, 0.1) is 5.82 Å². The summed E-state index contributed by atoms with van der Waals surface area (Å²) in [4.78, 5) is 0.0867. The highest BCUT2D eigenvalue weighted by atomic mass is 79.9. The van der Waals surface area contributed by atoms with Crippen LogP contribution in [0.25, 0.3) is 0 Å². The normalized spacial score (nSPS) is 18.4. The Kier molecular flexibility index (Phi) is 3.80. The molecule has 0 saturated heterocycles. The van der Waals surface area contributed by atoms with Crippen molar-refractivity contribution in [2.45, 2.75) is 43.0 Å². The van der Waals surface area contributed by atoms with Gasteiger partial charge in [0.1, 0.15) is 5.82 Å². The Balaban J connectivity index is 2.31. The monoisotopic (exact) mass is 335 g/mol. The van der Waals surface area contributed by atoms with Gasteiger partial charge in [0.05, 0.1) is 4.90 Å². The zero-order valence-electron chi connectivity index (χ0n) is 10.0. The summed E-state index contributed by atoms with van der Waals surface area (Å²) in [5.74, 6) is -0.463. The number of benzene rings is 1. The van der Waals surface area contributed by atoms with E-state index in [1.165, 1.54) is 6.07 Å². The standard InChI is InChI=1S/C12H15BrFNO2S/c1-2-12(6-3-7-12)15-18(16,17)11-5-4-9(14)8-10(11)13/h4-5,8,15H,2-3,6-7H2,1H3. The lowest BCUT2D eigenvalue weighted by Crippen LogP contribution is -2.52. The molecule has 0 heterocycles. The quantitative estimate of drug-likeness (QED) is 0.918. The Morgan fingerprint density at radius 2 is 2.11 bits per heavy atom. The molecule has 6 heteroatoms. The second-order valence-electron chi connectivity index (χ2n) is 4.67. The van der Waals surface area contributed by atoms with Crippen molar-refractivity contribution >= 4 is 26.0 Å². The van der Waals surface area contributed by atoms with Crippen molar-refractivity contribution in [3.05, 3.63) is 28.5 Å². The van der Waals surface area contributed by atoms with Crippen molar-refractivity contribution in [2.24, 2.45) is 0 Å². The second kappa shape index (κ2) is 4.90. The van der Waals surface area contributed by atoms with E-state index in [0.717, 1.165) is 37.8 Å². The summed E-state index contributed by atoms with van der Waals surface area (Å²) in [6.07, 6.45) is 3.54. The summed E-state index contributed by atoms with van der Waals surface area (Å²) in [6, 6.07) is 3.59. The summed E-state index contributed by atoms with van der Waals surface area (Å²) in [7, 11) is -3.60. The Hall–Kier alpha value is -0.460. The van der Waals surface area contributed by atoms with Crippen LogP contribution in [0.4, 0.5) is 4.39 Å². The van der Waals surface area contributed by atoms with Crippen molar-refractivity contribution in [3.63, 3.8) is 0 Å². The minimum Gasteiger partial charge on any atom is -0.207 e. The van der Waals surface area contributed by atoms with Gasteiger partial charge in [0.15, 0.2) is 0 Å². The lowest BCUT2D eigenvalue weighted by Gasteiger charge is -2.41. The van der Waals surface area contributed by atoms with E-state index in [-0.39, 0.29) is 14.9 Å². The van der Waals surface area contributed by atoms with E-state index in [1.54, 1.807) is 0 Å². The van der Waals surface area contributed by atoms with E-state index in [4.69, 9.17) is 0 Å². The van der Waals surface area contributed by atoms with Crippen LogP contribution in [0.3, 0.4) is 0 Å². The first-order valence-electron chi connectivity index (χ1n) is 5.88. The molecule has 100 valence electrons. The summed E-state index contributed by atoms with van der Waals surface area (Å²) < 4.78 is 40.5. The molecule has 1 aliphatic carbocycles. The molecule has 1 saturated carbocycles. The van der Waals surface area contributed by atoms with Crippen molar-refractivity contribution in [2.75, 3.05) is 0 Å². The summed E-state index contributed by atoms with van der Waals surface area (Å²) in [5.41, 5.74) is -0.313. The minimum atomic E-state index is -3.60. The molecule has 0 atom stereocenters. The maximum Gasteiger partial charge on any atom is 0.242 e. The smallest absolute Gasteiger partial charge is 0.207 e. The summed E-state index contributed by atoms with van der Waals surface area (Å²) in [5, 5.41) is 0. The topological polar surface area (TPSA) is 46.2 Å². The highest BCUT2D eigenvalue weighted by molar-refractivity contribution is 9.10. The molecule has 1 aliphatic rings. The van der Waals surface area contributed by atoms with Gasteiger partial charge >= 0.3 is 0 Å². The Labute approximate surface area is 115 Å². The van der Waals surface area contributed by atoms with E-state index in [9.17, 15) is 12.8 Å². The van der Waals surface area contributed by atoms with E-state index < -0.39 is 15.8 Å². The number of sulfonamides is 1. The maximum absolute atomic E-state index is 13.0. The lowest BCUT2D eigenvalue weighted by molar-refractivity contribution is 0.214. The highest BCUT2D eigenvalue weighted by Crippen LogP contribution is 2.36. The number of hydrogen-bond acceptors (Lipinski definition) is 2. The predicted octanol–water partition coefficient (Wildman–Crippen LogP) is 3.20. The van der Waals surface area contributed by atoms with Gasteiger partial charge in [-0.15, -0.1) is 0 Å². The van der Waals surface area contributed by atoms with Gasteiger partial charge in [-0.05, 0) is 59.8 Å². The Morgan fingerprint density at radius 1 is 1.44 bits per heavy atom. The average Bonchev–Trinajstić information content (AvgIpc) is 2.23. The zero-order chi connectivity index (χ0) is 13.4. The Bertz CT molecular complexity index is 550. The van der Waals surface area contributed by atoms with Crippen LogP contribution in [0.2, 0.25) is 0 Å². The van der Waals surface area contributed by atoms with Crippen LogP contribution < -0.4 is 4.72 Å². The highest BCUT2D eigenvalue weighted by Gasteiger charge is 2.39. The summed E-state index contributed by atoms with van der Waals surface area (Å²) in [6.45, 7) is 1.97. The third-order valence-corrected chi connectivity index (χ3v) is 6.08. The molecule has 1 aromatic carbocycles. The van der Waals surface area contributed by atoms with Gasteiger partial charge in [-0.1, -0.05) is 6.92 Å². The molecule has 18 heavy (non-hydrogen) atoms. The van der Waals surface area contributed by atoms with Crippen molar-refractivity contribution in [1.29, 1.82) is 0 Å². The molecule has 0 bridgehead atoms. The van der Waals surface area contributed by atoms with E-state index in [0.29, 0.717) is 0 Å². The molecule has 0 amide bonds. The fourth-order valence-corrected chi connectivity index (χ4v) is 4.75. The molecule has 3 nitrogen and oxygen atoms in total. The molecule has 2 rings (SSSR count). The fraction of sp³-hybridized carbons (Fsp3) is 0.500. The minimum absolute atomic E-state index is 0.0867. The first-order valence-corrected chi connectivity index (χ1v) is 8.15. The SMILES string of the molecule is CCC1(NS(=O)(=O)c2ccc(F)cc2Br)CCC1. The van der Waals surface area contributed by atoms with Gasteiger partial charge in [-0.2, -0.15) is 0 Å². The third-order valence-electron chi connectivity index (χ3n) is 3.52. The van der Waals surface area contributed by atoms with Crippen LogP contribution in [0.5, 0.6) is 0 Å². The molecule has 1 N–H and O–H groups in total. The van der Waals surface area contributed by atoms with Crippen LogP contribution in [0.1, 0.15) is 32.6 Å². The maximum atomic E-state index is 13.0. The van der Waals surface area contributed by atoms with E-state index in [2.05, 4.69) is 20.7 Å². The first-order chi connectivity index (χ1) is 8.38. The van der Waals surface area contributed by atoms with Crippen LogP contribution >= 0.6 is 15.9 Å². The van der Waals surface area contributed by atoms with Crippen LogP contribution in [-0.2, 0) is 10.0 Å². The number of hydrogen-bond donors (Lipinski definition) is 1. The predicted molar refractivity (Wildman–Crippen MR) is 71.3 cm³/mol. The van der Waals surface area contributed by atoms with Gasteiger partial charge in [0.2, 0.25) is 10.0 Å². The lowest BCUT2D eigenvalue weighted by atomic mass is 9.76. The van der Waals surface area contributed by atoms with Gasteiger partial charge < -0.3 is 0 Å². The fourth-order valence-electron chi connectivity index (χ4n) is 2.16. The number of nitrogens with one attached hydrogen (secondary N) is 1.